The molecule has 1 aromatic heterocycles. The molecular formula is C22H24F3N3O3S2. The molecule has 0 spiro atoms. The molecule has 178 valence electrons. The molecular weight excluding hydrogens is 475 g/mol. The first-order valence-electron chi connectivity index (χ1n) is 10.6. The highest BCUT2D eigenvalue weighted by atomic mass is 32.2. The van der Waals surface area contributed by atoms with E-state index in [0.717, 1.165) is 41.6 Å². The second kappa shape index (κ2) is 9.96. The zero-order chi connectivity index (χ0) is 23.5. The summed E-state index contributed by atoms with van der Waals surface area (Å²) in [5.74, 6) is 0.703. The number of rotatable bonds is 11. The molecule has 1 fully saturated rings. The van der Waals surface area contributed by atoms with Gasteiger partial charge in [0, 0.05) is 19.1 Å². The number of nitrogens with one attached hydrogen (secondary N) is 1. The normalized spacial score (nSPS) is 14.8. The summed E-state index contributed by atoms with van der Waals surface area (Å²) >= 11 is 1.49. The molecule has 0 amide bonds. The molecule has 0 aliphatic heterocycles. The van der Waals surface area contributed by atoms with Crippen molar-refractivity contribution in [3.05, 3.63) is 54.1 Å². The van der Waals surface area contributed by atoms with Gasteiger partial charge in [0.25, 0.3) is 5.19 Å². The van der Waals surface area contributed by atoms with Gasteiger partial charge in [-0.05, 0) is 62.1 Å². The lowest BCUT2D eigenvalue weighted by Gasteiger charge is -2.22. The molecule has 3 aromatic rings. The molecule has 1 heterocycles. The Bertz CT molecular complexity index is 1140. The number of alkyl halides is 3. The molecule has 4 rings (SSSR count). The van der Waals surface area contributed by atoms with Crippen molar-refractivity contribution in [1.29, 1.82) is 0 Å². The van der Waals surface area contributed by atoms with E-state index in [1.165, 1.54) is 11.3 Å². The molecule has 1 aliphatic rings. The molecule has 1 N–H and O–H groups in total. The number of halogens is 3. The van der Waals surface area contributed by atoms with Crippen molar-refractivity contribution in [2.75, 3.05) is 19.6 Å². The Balaban J connectivity index is 1.25. The molecule has 33 heavy (non-hydrogen) atoms. The van der Waals surface area contributed by atoms with E-state index in [1.807, 2.05) is 48.5 Å². The van der Waals surface area contributed by atoms with Crippen molar-refractivity contribution < 1.29 is 26.3 Å². The lowest BCUT2D eigenvalue weighted by Crippen LogP contribution is -2.38. The summed E-state index contributed by atoms with van der Waals surface area (Å²) in [4.78, 5) is 6.68. The highest BCUT2D eigenvalue weighted by Gasteiger charge is 2.45. The van der Waals surface area contributed by atoms with Gasteiger partial charge in [0.2, 0.25) is 0 Å². The summed E-state index contributed by atoms with van der Waals surface area (Å²) in [5, 5.41) is 0.588. The van der Waals surface area contributed by atoms with Gasteiger partial charge in [0.1, 0.15) is 5.75 Å². The van der Waals surface area contributed by atoms with Crippen LogP contribution in [0.3, 0.4) is 0 Å². The largest absolute Gasteiger partial charge is 0.511 e. The Morgan fingerprint density at radius 3 is 2.48 bits per heavy atom. The predicted molar refractivity (Wildman–Crippen MR) is 122 cm³/mol. The third kappa shape index (κ3) is 6.44. The summed E-state index contributed by atoms with van der Waals surface area (Å²) in [6.07, 6.45) is 3.22. The molecule has 11 heteroatoms. The van der Waals surface area contributed by atoms with Crippen LogP contribution in [0.1, 0.15) is 24.8 Å². The second-order valence-electron chi connectivity index (χ2n) is 7.91. The lowest BCUT2D eigenvalue weighted by atomic mass is 10.1. The summed E-state index contributed by atoms with van der Waals surface area (Å²) in [7, 11) is -5.27. The van der Waals surface area contributed by atoms with Gasteiger partial charge >= 0.3 is 15.5 Å². The van der Waals surface area contributed by atoms with Crippen molar-refractivity contribution in [1.82, 2.24) is 14.6 Å². The Hall–Kier alpha value is -2.21. The predicted octanol–water partition coefficient (Wildman–Crippen LogP) is 4.92. The van der Waals surface area contributed by atoms with Crippen molar-refractivity contribution in [2.45, 2.75) is 37.2 Å². The van der Waals surface area contributed by atoms with Crippen LogP contribution in [-0.2, 0) is 16.4 Å². The molecule has 1 saturated carbocycles. The first-order chi connectivity index (χ1) is 15.7. The van der Waals surface area contributed by atoms with E-state index in [2.05, 4.69) is 9.88 Å². The van der Waals surface area contributed by atoms with Gasteiger partial charge in [0.05, 0.1) is 10.2 Å². The quantitative estimate of drug-likeness (QED) is 0.379. The fraction of sp³-hybridized carbons (Fsp3) is 0.409. The van der Waals surface area contributed by atoms with Crippen LogP contribution < -0.4 is 9.46 Å². The molecule has 2 aromatic carbocycles. The number of hydrogen-bond acceptors (Lipinski definition) is 6. The third-order valence-corrected chi connectivity index (χ3v) is 7.48. The minimum atomic E-state index is -5.27. The third-order valence-electron chi connectivity index (χ3n) is 5.37. The molecule has 0 bridgehead atoms. The van der Waals surface area contributed by atoms with Crippen molar-refractivity contribution in [3.8, 4) is 10.9 Å². The van der Waals surface area contributed by atoms with Crippen LogP contribution in [0.4, 0.5) is 13.2 Å². The van der Waals surface area contributed by atoms with E-state index in [1.54, 1.807) is 4.72 Å². The number of sulfonamides is 1. The Morgan fingerprint density at radius 2 is 1.82 bits per heavy atom. The van der Waals surface area contributed by atoms with Gasteiger partial charge < -0.3 is 9.64 Å². The fourth-order valence-electron chi connectivity index (χ4n) is 3.48. The SMILES string of the molecule is O=S(=O)(NCCCN(CCc1ccc(Oc2nc3ccccc3s2)cc1)C1CC1)C(F)(F)F. The van der Waals surface area contributed by atoms with E-state index >= 15 is 0 Å². The standard InChI is InChI=1S/C22H24F3N3O3S2/c23-22(24,25)33(29,30)26-13-3-14-28(17-8-9-17)15-12-16-6-10-18(11-7-16)31-21-27-19-4-1-2-5-20(19)32-21/h1-2,4-7,10-11,17,26H,3,8-9,12-15H2. The first kappa shape index (κ1) is 23.9. The smallest absolute Gasteiger partial charge is 0.431 e. The van der Waals surface area contributed by atoms with Gasteiger partial charge in [-0.3, -0.25) is 0 Å². The molecule has 0 radical (unpaired) electrons. The van der Waals surface area contributed by atoms with Crippen LogP contribution >= 0.6 is 11.3 Å². The van der Waals surface area contributed by atoms with E-state index in [0.29, 0.717) is 30.0 Å². The Labute approximate surface area is 194 Å². The highest BCUT2D eigenvalue weighted by Crippen LogP contribution is 2.31. The highest BCUT2D eigenvalue weighted by molar-refractivity contribution is 7.90. The topological polar surface area (TPSA) is 71.5 Å². The van der Waals surface area contributed by atoms with Crippen LogP contribution in [0.25, 0.3) is 10.2 Å². The van der Waals surface area contributed by atoms with E-state index in [-0.39, 0.29) is 6.54 Å². The molecule has 0 atom stereocenters. The number of thiazole rings is 1. The maximum Gasteiger partial charge on any atom is 0.511 e. The zero-order valence-corrected chi connectivity index (χ0v) is 19.3. The van der Waals surface area contributed by atoms with Gasteiger partial charge in [-0.1, -0.05) is 35.6 Å². The summed E-state index contributed by atoms with van der Waals surface area (Å²) < 4.78 is 67.9. The molecule has 6 nitrogen and oxygen atoms in total. The molecule has 0 saturated heterocycles. The van der Waals surface area contributed by atoms with Crippen LogP contribution in [0.2, 0.25) is 0 Å². The van der Waals surface area contributed by atoms with Gasteiger partial charge in [0.15, 0.2) is 0 Å². The van der Waals surface area contributed by atoms with E-state index in [9.17, 15) is 21.6 Å². The number of para-hydroxylation sites is 1. The lowest BCUT2D eigenvalue weighted by molar-refractivity contribution is -0.0447. The Morgan fingerprint density at radius 1 is 1.09 bits per heavy atom. The van der Waals surface area contributed by atoms with Gasteiger partial charge in [-0.15, -0.1) is 0 Å². The number of hydrogen-bond donors (Lipinski definition) is 1. The number of benzene rings is 2. The van der Waals surface area contributed by atoms with Crippen molar-refractivity contribution in [2.24, 2.45) is 0 Å². The van der Waals surface area contributed by atoms with Gasteiger partial charge in [-0.2, -0.15) is 13.2 Å². The number of aromatic nitrogens is 1. The first-order valence-corrected chi connectivity index (χ1v) is 12.9. The second-order valence-corrected chi connectivity index (χ2v) is 10.7. The zero-order valence-electron chi connectivity index (χ0n) is 17.7. The van der Waals surface area contributed by atoms with Gasteiger partial charge in [-0.25, -0.2) is 18.1 Å². The van der Waals surface area contributed by atoms with E-state index in [4.69, 9.17) is 4.74 Å². The van der Waals surface area contributed by atoms with Crippen LogP contribution in [0.5, 0.6) is 10.9 Å². The summed E-state index contributed by atoms with van der Waals surface area (Å²) in [5.41, 5.74) is -3.25. The fourth-order valence-corrected chi connectivity index (χ4v) is 4.89. The van der Waals surface area contributed by atoms with Crippen molar-refractivity contribution in [3.63, 3.8) is 0 Å². The average molecular weight is 500 g/mol. The number of nitrogens with zero attached hydrogens (tertiary/aromatic N) is 2. The minimum Gasteiger partial charge on any atom is -0.431 e. The number of fused-ring (bicyclic) bond motifs is 1. The van der Waals surface area contributed by atoms with Crippen LogP contribution in [0, 0.1) is 0 Å². The van der Waals surface area contributed by atoms with E-state index < -0.39 is 15.5 Å². The molecule has 1 aliphatic carbocycles. The summed E-state index contributed by atoms with van der Waals surface area (Å²) in [6, 6.07) is 16.0. The Kier molecular flexibility index (Phi) is 7.22. The number of ether oxygens (including phenoxy) is 1. The van der Waals surface area contributed by atoms with Crippen LogP contribution in [-0.4, -0.2) is 49.5 Å². The average Bonchev–Trinajstić information content (AvgIpc) is 3.52. The maximum atomic E-state index is 12.4. The minimum absolute atomic E-state index is 0.233. The van der Waals surface area contributed by atoms with Crippen molar-refractivity contribution >= 4 is 31.6 Å². The monoisotopic (exact) mass is 499 g/mol. The van der Waals surface area contributed by atoms with Crippen LogP contribution in [0.15, 0.2) is 48.5 Å². The summed E-state index contributed by atoms with van der Waals surface area (Å²) in [6.45, 7) is 1.07. The maximum absolute atomic E-state index is 12.4. The molecule has 0 unspecified atom stereocenters.